The third kappa shape index (κ3) is 4.07. The number of halogens is 1. The van der Waals surface area contributed by atoms with E-state index in [0.717, 1.165) is 6.20 Å². The SMILES string of the molecule is CCOc1cc(N2C(=O)C(C)(C)c3cc(C(=O)N[C@]4(C)CCS(=O)(=O)C4)ccc32)c(F)cn1. The second-order valence-corrected chi connectivity index (χ2v) is 11.4. The Balaban J connectivity index is 1.70. The zero-order valence-electron chi connectivity index (χ0n) is 18.9. The van der Waals surface area contributed by atoms with Crippen molar-refractivity contribution in [2.24, 2.45) is 0 Å². The minimum Gasteiger partial charge on any atom is -0.478 e. The zero-order valence-corrected chi connectivity index (χ0v) is 19.8. The fraction of sp³-hybridized carbons (Fsp3) is 0.435. The van der Waals surface area contributed by atoms with Crippen molar-refractivity contribution in [3.05, 3.63) is 47.4 Å². The van der Waals surface area contributed by atoms with Crippen LogP contribution in [0.2, 0.25) is 0 Å². The van der Waals surface area contributed by atoms with Crippen molar-refractivity contribution in [2.75, 3.05) is 23.0 Å². The maximum absolute atomic E-state index is 14.7. The maximum atomic E-state index is 14.7. The van der Waals surface area contributed by atoms with Gasteiger partial charge in [0, 0.05) is 11.6 Å². The molecule has 176 valence electrons. The quantitative estimate of drug-likeness (QED) is 0.713. The molecular formula is C23H26FN3O5S. The summed E-state index contributed by atoms with van der Waals surface area (Å²) in [6.07, 6.45) is 1.35. The molecule has 2 aromatic rings. The number of carbonyl (C=O) groups excluding carboxylic acids is 2. The maximum Gasteiger partial charge on any atom is 0.251 e. The van der Waals surface area contributed by atoms with Crippen molar-refractivity contribution < 1.29 is 27.1 Å². The number of anilines is 2. The minimum absolute atomic E-state index is 0.0196. The van der Waals surface area contributed by atoms with E-state index in [1.54, 1.807) is 45.9 Å². The van der Waals surface area contributed by atoms with Gasteiger partial charge in [-0.25, -0.2) is 17.8 Å². The normalized spacial score (nSPS) is 22.8. The van der Waals surface area contributed by atoms with Crippen LogP contribution < -0.4 is 15.0 Å². The monoisotopic (exact) mass is 475 g/mol. The Morgan fingerprint density at radius 1 is 1.24 bits per heavy atom. The molecule has 1 aromatic heterocycles. The van der Waals surface area contributed by atoms with Crippen LogP contribution in [-0.2, 0) is 20.0 Å². The van der Waals surface area contributed by atoms with E-state index >= 15 is 0 Å². The predicted octanol–water partition coefficient (Wildman–Crippen LogP) is 2.88. The molecule has 0 saturated carbocycles. The Hall–Kier alpha value is -3.01. The first-order valence-electron chi connectivity index (χ1n) is 10.7. The van der Waals surface area contributed by atoms with E-state index in [0.29, 0.717) is 29.8 Å². The second kappa shape index (κ2) is 7.79. The number of benzene rings is 1. The number of fused-ring (bicyclic) bond motifs is 1. The molecule has 3 heterocycles. The van der Waals surface area contributed by atoms with Gasteiger partial charge in [0.25, 0.3) is 5.91 Å². The van der Waals surface area contributed by atoms with Crippen LogP contribution in [0.4, 0.5) is 15.8 Å². The number of hydrogen-bond donors (Lipinski definition) is 1. The number of nitrogens with one attached hydrogen (secondary N) is 1. The first-order valence-corrected chi connectivity index (χ1v) is 12.5. The molecule has 1 aromatic carbocycles. The smallest absolute Gasteiger partial charge is 0.251 e. The molecule has 1 saturated heterocycles. The van der Waals surface area contributed by atoms with Crippen molar-refractivity contribution in [1.29, 1.82) is 0 Å². The van der Waals surface area contributed by atoms with Crippen LogP contribution in [0.5, 0.6) is 5.88 Å². The third-order valence-corrected chi connectivity index (χ3v) is 8.08. The van der Waals surface area contributed by atoms with Gasteiger partial charge in [0.15, 0.2) is 15.7 Å². The van der Waals surface area contributed by atoms with E-state index < -0.39 is 32.5 Å². The molecule has 0 radical (unpaired) electrons. The van der Waals surface area contributed by atoms with E-state index in [-0.39, 0.29) is 29.0 Å². The highest BCUT2D eigenvalue weighted by Gasteiger charge is 2.46. The number of hydrogen-bond acceptors (Lipinski definition) is 6. The molecular weight excluding hydrogens is 449 g/mol. The van der Waals surface area contributed by atoms with Crippen LogP contribution in [0, 0.1) is 5.82 Å². The molecule has 33 heavy (non-hydrogen) atoms. The standard InChI is InChI=1S/C23H26FN3O5S/c1-5-32-19-11-18(16(24)12-25-19)27-17-7-6-14(10-15(17)22(2,3)21(27)29)20(28)26-23(4)8-9-33(30,31)13-23/h6-7,10-12H,5,8-9,13H2,1-4H3,(H,26,28)/t23-/m1/s1. The first kappa shape index (κ1) is 23.2. The number of carbonyl (C=O) groups is 2. The summed E-state index contributed by atoms with van der Waals surface area (Å²) in [6, 6.07) is 6.14. The molecule has 0 unspecified atom stereocenters. The molecule has 1 atom stereocenters. The lowest BCUT2D eigenvalue weighted by molar-refractivity contribution is -0.121. The molecule has 4 rings (SSSR count). The van der Waals surface area contributed by atoms with Gasteiger partial charge in [-0.1, -0.05) is 0 Å². The summed E-state index contributed by atoms with van der Waals surface area (Å²) < 4.78 is 43.8. The Morgan fingerprint density at radius 3 is 2.61 bits per heavy atom. The molecule has 10 heteroatoms. The van der Waals surface area contributed by atoms with Crippen LogP contribution in [-0.4, -0.2) is 48.9 Å². The average Bonchev–Trinajstić information content (AvgIpc) is 3.12. The van der Waals surface area contributed by atoms with E-state index in [2.05, 4.69) is 10.3 Å². The molecule has 0 spiro atoms. The number of aromatic nitrogens is 1. The van der Waals surface area contributed by atoms with Gasteiger partial charge in [-0.2, -0.15) is 0 Å². The van der Waals surface area contributed by atoms with E-state index in [4.69, 9.17) is 4.74 Å². The van der Waals surface area contributed by atoms with E-state index in [9.17, 15) is 22.4 Å². The van der Waals surface area contributed by atoms with Gasteiger partial charge in [0.05, 0.1) is 46.6 Å². The molecule has 2 aliphatic heterocycles. The first-order chi connectivity index (χ1) is 15.4. The molecule has 2 amide bonds. The fourth-order valence-corrected chi connectivity index (χ4v) is 6.47. The molecule has 0 bridgehead atoms. The van der Waals surface area contributed by atoms with Gasteiger partial charge in [-0.05, 0) is 57.9 Å². The number of pyridine rings is 1. The van der Waals surface area contributed by atoms with E-state index in [1.807, 2.05) is 0 Å². The average molecular weight is 476 g/mol. The summed E-state index contributed by atoms with van der Waals surface area (Å²) in [7, 11) is -3.18. The molecule has 1 fully saturated rings. The highest BCUT2D eigenvalue weighted by atomic mass is 32.2. The Labute approximate surface area is 192 Å². The summed E-state index contributed by atoms with van der Waals surface area (Å²) >= 11 is 0. The van der Waals surface area contributed by atoms with Crippen LogP contribution in [0.3, 0.4) is 0 Å². The second-order valence-electron chi connectivity index (χ2n) is 9.26. The Kier molecular flexibility index (Phi) is 5.47. The highest BCUT2D eigenvalue weighted by Crippen LogP contribution is 2.46. The van der Waals surface area contributed by atoms with Crippen LogP contribution >= 0.6 is 0 Å². The van der Waals surface area contributed by atoms with Crippen molar-refractivity contribution in [3.8, 4) is 5.88 Å². The van der Waals surface area contributed by atoms with Crippen molar-refractivity contribution >= 4 is 33.0 Å². The van der Waals surface area contributed by atoms with Crippen molar-refractivity contribution in [3.63, 3.8) is 0 Å². The number of rotatable bonds is 5. The van der Waals surface area contributed by atoms with Crippen molar-refractivity contribution in [1.82, 2.24) is 10.3 Å². The molecule has 0 aliphatic carbocycles. The lowest BCUT2D eigenvalue weighted by Crippen LogP contribution is -2.46. The van der Waals surface area contributed by atoms with Crippen LogP contribution in [0.25, 0.3) is 0 Å². The topological polar surface area (TPSA) is 106 Å². The van der Waals surface area contributed by atoms with Gasteiger partial charge >= 0.3 is 0 Å². The summed E-state index contributed by atoms with van der Waals surface area (Å²) in [5, 5.41) is 2.83. The third-order valence-electron chi connectivity index (χ3n) is 6.17. The fourth-order valence-electron chi connectivity index (χ4n) is 4.38. The summed E-state index contributed by atoms with van der Waals surface area (Å²) in [6.45, 7) is 7.25. The lowest BCUT2D eigenvalue weighted by atomic mass is 9.85. The number of amides is 2. The molecule has 8 nitrogen and oxygen atoms in total. The summed E-state index contributed by atoms with van der Waals surface area (Å²) in [5.74, 6) is -1.33. The Morgan fingerprint density at radius 2 is 1.97 bits per heavy atom. The largest absolute Gasteiger partial charge is 0.478 e. The van der Waals surface area contributed by atoms with Gasteiger partial charge < -0.3 is 10.1 Å². The number of sulfone groups is 1. The number of ether oxygens (including phenoxy) is 1. The van der Waals surface area contributed by atoms with Crippen molar-refractivity contribution in [2.45, 2.75) is 45.1 Å². The summed E-state index contributed by atoms with van der Waals surface area (Å²) in [5.41, 5.74) is -0.517. The number of nitrogens with zero attached hydrogens (tertiary/aromatic N) is 2. The molecule has 1 N–H and O–H groups in total. The van der Waals surface area contributed by atoms with Gasteiger partial charge in [-0.3, -0.25) is 14.5 Å². The lowest BCUT2D eigenvalue weighted by Gasteiger charge is -2.24. The summed E-state index contributed by atoms with van der Waals surface area (Å²) in [4.78, 5) is 31.4. The Bertz CT molecular complexity index is 1260. The highest BCUT2D eigenvalue weighted by molar-refractivity contribution is 7.91. The minimum atomic E-state index is -3.18. The van der Waals surface area contributed by atoms with Crippen LogP contribution in [0.1, 0.15) is 50.0 Å². The van der Waals surface area contributed by atoms with Gasteiger partial charge in [0.2, 0.25) is 11.8 Å². The van der Waals surface area contributed by atoms with Gasteiger partial charge in [-0.15, -0.1) is 0 Å². The van der Waals surface area contributed by atoms with Crippen LogP contribution in [0.15, 0.2) is 30.5 Å². The predicted molar refractivity (Wildman–Crippen MR) is 121 cm³/mol. The van der Waals surface area contributed by atoms with E-state index in [1.165, 1.54) is 11.0 Å². The molecule has 2 aliphatic rings. The zero-order chi connectivity index (χ0) is 24.2. The van der Waals surface area contributed by atoms with Gasteiger partial charge in [0.1, 0.15) is 0 Å².